The molecule has 0 heterocycles. The summed E-state index contributed by atoms with van der Waals surface area (Å²) in [7, 11) is 1.52. The highest BCUT2D eigenvalue weighted by atomic mass is 16.5. The number of carbonyl (C=O) groups excluding carboxylic acids is 1. The molecule has 0 unspecified atom stereocenters. The van der Waals surface area contributed by atoms with E-state index in [4.69, 9.17) is 19.5 Å². The average molecular weight is 431 g/mol. The zero-order chi connectivity index (χ0) is 22.6. The largest absolute Gasteiger partial charge is 0.493 e. The third-order valence-corrected chi connectivity index (χ3v) is 4.75. The Balaban J connectivity index is 1.37. The Labute approximate surface area is 188 Å². The number of nitrogens with zero attached hydrogens (tertiary/aromatic N) is 1. The fraction of sp³-hybridized carbons (Fsp3) is 0.231. The summed E-state index contributed by atoms with van der Waals surface area (Å²) in [5.74, 6) is 1.79. The first-order chi connectivity index (χ1) is 15.7. The van der Waals surface area contributed by atoms with Gasteiger partial charge in [-0.3, -0.25) is 4.79 Å². The molecule has 1 amide bonds. The summed E-state index contributed by atoms with van der Waals surface area (Å²) in [6, 6.07) is 25.0. The molecule has 6 nitrogen and oxygen atoms in total. The van der Waals surface area contributed by atoms with Crippen LogP contribution < -0.4 is 19.5 Å². The Morgan fingerprint density at radius 2 is 1.66 bits per heavy atom. The maximum absolute atomic E-state index is 12.1. The molecule has 0 bridgehead atoms. The van der Waals surface area contributed by atoms with Crippen molar-refractivity contribution in [1.29, 1.82) is 5.26 Å². The zero-order valence-corrected chi connectivity index (χ0v) is 18.0. The molecule has 1 N–H and O–H groups in total. The number of nitrogens with one attached hydrogen (secondary N) is 1. The molecule has 0 fully saturated rings. The van der Waals surface area contributed by atoms with Crippen LogP contribution in [0.1, 0.15) is 18.4 Å². The van der Waals surface area contributed by atoms with Crippen LogP contribution in [0.25, 0.3) is 11.1 Å². The minimum absolute atomic E-state index is 0.0552. The summed E-state index contributed by atoms with van der Waals surface area (Å²) in [4.78, 5) is 12.1. The maximum Gasteiger partial charge on any atom is 0.220 e. The van der Waals surface area contributed by atoms with E-state index < -0.39 is 0 Å². The molecular formula is C26H26N2O4. The topological polar surface area (TPSA) is 80.6 Å². The molecule has 0 atom stereocenters. The lowest BCUT2D eigenvalue weighted by atomic mass is 10.1. The smallest absolute Gasteiger partial charge is 0.220 e. The van der Waals surface area contributed by atoms with E-state index in [9.17, 15) is 4.79 Å². The SMILES string of the molecule is COc1cc(C#N)ccc1OCCCC(=O)NCCOc1ccccc1-c1ccccc1. The van der Waals surface area contributed by atoms with Crippen molar-refractivity contribution >= 4 is 5.91 Å². The van der Waals surface area contributed by atoms with E-state index in [2.05, 4.69) is 11.4 Å². The van der Waals surface area contributed by atoms with Gasteiger partial charge in [-0.05, 0) is 30.2 Å². The first-order valence-electron chi connectivity index (χ1n) is 10.5. The molecule has 32 heavy (non-hydrogen) atoms. The van der Waals surface area contributed by atoms with Crippen molar-refractivity contribution in [3.05, 3.63) is 78.4 Å². The second kappa shape index (κ2) is 12.0. The van der Waals surface area contributed by atoms with Crippen molar-refractivity contribution in [2.24, 2.45) is 0 Å². The van der Waals surface area contributed by atoms with E-state index in [0.717, 1.165) is 16.9 Å². The monoisotopic (exact) mass is 430 g/mol. The first kappa shape index (κ1) is 22.7. The van der Waals surface area contributed by atoms with Gasteiger partial charge in [0.05, 0.1) is 31.9 Å². The van der Waals surface area contributed by atoms with Crippen LogP contribution in [0.5, 0.6) is 17.2 Å². The van der Waals surface area contributed by atoms with Crippen molar-refractivity contribution in [3.8, 4) is 34.4 Å². The van der Waals surface area contributed by atoms with Crippen LogP contribution in [-0.4, -0.2) is 32.8 Å². The van der Waals surface area contributed by atoms with Crippen molar-refractivity contribution < 1.29 is 19.0 Å². The van der Waals surface area contributed by atoms with Crippen LogP contribution >= 0.6 is 0 Å². The van der Waals surface area contributed by atoms with Crippen LogP contribution in [-0.2, 0) is 4.79 Å². The number of hydrogen-bond acceptors (Lipinski definition) is 5. The number of rotatable bonds is 11. The lowest BCUT2D eigenvalue weighted by Crippen LogP contribution is -2.28. The van der Waals surface area contributed by atoms with Gasteiger partial charge in [0.25, 0.3) is 0 Å². The number of ether oxygens (including phenoxy) is 3. The molecule has 0 saturated heterocycles. The zero-order valence-electron chi connectivity index (χ0n) is 18.0. The van der Waals surface area contributed by atoms with Crippen molar-refractivity contribution in [2.45, 2.75) is 12.8 Å². The van der Waals surface area contributed by atoms with Gasteiger partial charge in [0.2, 0.25) is 5.91 Å². The lowest BCUT2D eigenvalue weighted by molar-refractivity contribution is -0.121. The summed E-state index contributed by atoms with van der Waals surface area (Å²) >= 11 is 0. The Morgan fingerprint density at radius 1 is 0.906 bits per heavy atom. The van der Waals surface area contributed by atoms with Gasteiger partial charge in [0.15, 0.2) is 11.5 Å². The first-order valence-corrected chi connectivity index (χ1v) is 10.5. The van der Waals surface area contributed by atoms with Crippen LogP contribution in [0.4, 0.5) is 0 Å². The molecule has 0 radical (unpaired) electrons. The third kappa shape index (κ3) is 6.51. The Kier molecular flexibility index (Phi) is 8.52. The fourth-order valence-corrected chi connectivity index (χ4v) is 3.16. The average Bonchev–Trinajstić information content (AvgIpc) is 2.85. The van der Waals surface area contributed by atoms with Gasteiger partial charge in [-0.15, -0.1) is 0 Å². The van der Waals surface area contributed by atoms with Gasteiger partial charge in [-0.25, -0.2) is 0 Å². The molecule has 0 aliphatic rings. The van der Waals surface area contributed by atoms with Gasteiger partial charge in [-0.2, -0.15) is 5.26 Å². The highest BCUT2D eigenvalue weighted by Crippen LogP contribution is 2.29. The summed E-state index contributed by atoms with van der Waals surface area (Å²) in [6.07, 6.45) is 0.909. The molecule has 164 valence electrons. The van der Waals surface area contributed by atoms with Gasteiger partial charge >= 0.3 is 0 Å². The minimum Gasteiger partial charge on any atom is -0.493 e. The van der Waals surface area contributed by atoms with Gasteiger partial charge in [0.1, 0.15) is 12.4 Å². The van der Waals surface area contributed by atoms with E-state index >= 15 is 0 Å². The number of para-hydroxylation sites is 1. The van der Waals surface area contributed by atoms with Gasteiger partial charge < -0.3 is 19.5 Å². The van der Waals surface area contributed by atoms with Gasteiger partial charge in [-0.1, -0.05) is 48.5 Å². The summed E-state index contributed by atoms with van der Waals surface area (Å²) in [5, 5.41) is 11.8. The van der Waals surface area contributed by atoms with Crippen molar-refractivity contribution in [3.63, 3.8) is 0 Å². The van der Waals surface area contributed by atoms with Crippen LogP contribution in [0, 0.1) is 11.3 Å². The number of nitriles is 1. The Bertz CT molecular complexity index is 1060. The number of benzene rings is 3. The molecular weight excluding hydrogens is 404 g/mol. The number of hydrogen-bond donors (Lipinski definition) is 1. The highest BCUT2D eigenvalue weighted by molar-refractivity contribution is 5.75. The highest BCUT2D eigenvalue weighted by Gasteiger charge is 2.08. The molecule has 6 heteroatoms. The third-order valence-electron chi connectivity index (χ3n) is 4.75. The minimum atomic E-state index is -0.0552. The fourth-order valence-electron chi connectivity index (χ4n) is 3.16. The molecule has 0 aromatic heterocycles. The van der Waals surface area contributed by atoms with E-state index in [0.29, 0.717) is 49.7 Å². The predicted molar refractivity (Wildman–Crippen MR) is 123 cm³/mol. The molecule has 0 aliphatic heterocycles. The molecule has 0 aliphatic carbocycles. The van der Waals surface area contributed by atoms with Crippen molar-refractivity contribution in [2.75, 3.05) is 26.9 Å². The molecule has 3 aromatic carbocycles. The van der Waals surface area contributed by atoms with Gasteiger partial charge in [0, 0.05) is 18.1 Å². The van der Waals surface area contributed by atoms with E-state index in [1.165, 1.54) is 7.11 Å². The van der Waals surface area contributed by atoms with Crippen LogP contribution in [0.2, 0.25) is 0 Å². The summed E-state index contributed by atoms with van der Waals surface area (Å²) in [5.41, 5.74) is 2.61. The predicted octanol–water partition coefficient (Wildman–Crippen LogP) is 4.59. The van der Waals surface area contributed by atoms with E-state index in [1.54, 1.807) is 18.2 Å². The standard InChI is InChI=1S/C26H26N2O4/c1-30-25-18-20(19-27)13-14-24(25)31-16-7-12-26(29)28-15-17-32-23-11-6-5-10-22(23)21-8-3-2-4-9-21/h2-6,8-11,13-14,18H,7,12,15-17H2,1H3,(H,28,29). The molecule has 0 spiro atoms. The summed E-state index contributed by atoms with van der Waals surface area (Å²) < 4.78 is 16.8. The number of carbonyl (C=O) groups is 1. The number of methoxy groups -OCH3 is 1. The summed E-state index contributed by atoms with van der Waals surface area (Å²) in [6.45, 7) is 1.18. The lowest BCUT2D eigenvalue weighted by Gasteiger charge is -2.12. The normalized spacial score (nSPS) is 10.1. The second-order valence-corrected chi connectivity index (χ2v) is 6.99. The van der Waals surface area contributed by atoms with E-state index in [1.807, 2.05) is 54.6 Å². The second-order valence-electron chi connectivity index (χ2n) is 6.99. The molecule has 3 aromatic rings. The Morgan fingerprint density at radius 3 is 2.44 bits per heavy atom. The molecule has 0 saturated carbocycles. The van der Waals surface area contributed by atoms with Crippen LogP contribution in [0.3, 0.4) is 0 Å². The quantitative estimate of drug-likeness (QED) is 0.450. The van der Waals surface area contributed by atoms with Crippen LogP contribution in [0.15, 0.2) is 72.8 Å². The van der Waals surface area contributed by atoms with E-state index in [-0.39, 0.29) is 5.91 Å². The Hall–Kier alpha value is -3.98. The molecule has 3 rings (SSSR count). The number of amides is 1. The maximum atomic E-state index is 12.1. The van der Waals surface area contributed by atoms with Crippen molar-refractivity contribution in [1.82, 2.24) is 5.32 Å².